The van der Waals surface area contributed by atoms with Gasteiger partial charge in [-0.2, -0.15) is 4.98 Å². The Morgan fingerprint density at radius 1 is 1.12 bits per heavy atom. The maximum atomic E-state index is 5.78. The number of nitrogens with zero attached hydrogens (tertiary/aromatic N) is 1. The van der Waals surface area contributed by atoms with Crippen molar-refractivity contribution in [2.45, 2.75) is 6.61 Å². The van der Waals surface area contributed by atoms with Crippen molar-refractivity contribution in [1.82, 2.24) is 4.98 Å². The van der Waals surface area contributed by atoms with Gasteiger partial charge in [-0.05, 0) is 23.8 Å². The van der Waals surface area contributed by atoms with Gasteiger partial charge < -0.3 is 10.5 Å². The van der Waals surface area contributed by atoms with Gasteiger partial charge >= 0.3 is 0 Å². The number of nitrogens with two attached hydrogens (primary N) is 1. The summed E-state index contributed by atoms with van der Waals surface area (Å²) in [5.74, 6) is 0.976. The number of hydrogen-bond donors (Lipinski definition) is 1. The monoisotopic (exact) mass is 234 g/mol. The zero-order valence-corrected chi connectivity index (χ0v) is 9.32. The average molecular weight is 235 g/mol. The van der Waals surface area contributed by atoms with Gasteiger partial charge in [0.15, 0.2) is 0 Å². The summed E-state index contributed by atoms with van der Waals surface area (Å²) in [6, 6.07) is 12.8. The number of anilines is 1. The largest absolute Gasteiger partial charge is 0.473 e. The highest BCUT2D eigenvalue weighted by Gasteiger charge is 1.97. The van der Waals surface area contributed by atoms with Gasteiger partial charge in [-0.15, -0.1) is 0 Å². The number of ether oxygens (including phenoxy) is 1. The standard InChI is InChI=1S/C12H11ClN2O/c13-10-6-4-9(5-7-10)8-16-12-3-1-2-11(14)15-12/h1-7H,8H2,(H2,14,15). The van der Waals surface area contributed by atoms with Crippen molar-refractivity contribution in [2.24, 2.45) is 0 Å². The van der Waals surface area contributed by atoms with E-state index in [1.807, 2.05) is 24.3 Å². The Kier molecular flexibility index (Phi) is 3.27. The second-order valence-corrected chi connectivity index (χ2v) is 3.75. The van der Waals surface area contributed by atoms with E-state index in [9.17, 15) is 0 Å². The number of nitrogen functional groups attached to an aromatic ring is 1. The smallest absolute Gasteiger partial charge is 0.215 e. The van der Waals surface area contributed by atoms with Crippen LogP contribution in [0, 0.1) is 0 Å². The Hall–Kier alpha value is -1.74. The second kappa shape index (κ2) is 4.86. The molecular weight excluding hydrogens is 224 g/mol. The summed E-state index contributed by atoms with van der Waals surface area (Å²) >= 11 is 5.78. The predicted octanol–water partition coefficient (Wildman–Crippen LogP) is 2.90. The van der Waals surface area contributed by atoms with E-state index in [2.05, 4.69) is 4.98 Å². The molecule has 2 aromatic rings. The minimum Gasteiger partial charge on any atom is -0.473 e. The molecule has 16 heavy (non-hydrogen) atoms. The van der Waals surface area contributed by atoms with E-state index in [0.29, 0.717) is 23.3 Å². The first-order chi connectivity index (χ1) is 7.74. The summed E-state index contributed by atoms with van der Waals surface area (Å²) in [5, 5.41) is 0.714. The molecule has 0 unspecified atom stereocenters. The molecule has 0 atom stereocenters. The topological polar surface area (TPSA) is 48.1 Å². The number of halogens is 1. The molecule has 4 heteroatoms. The van der Waals surface area contributed by atoms with Crippen LogP contribution in [0.3, 0.4) is 0 Å². The van der Waals surface area contributed by atoms with Gasteiger partial charge in [-0.25, -0.2) is 0 Å². The van der Waals surface area contributed by atoms with E-state index in [0.717, 1.165) is 5.56 Å². The fraction of sp³-hybridized carbons (Fsp3) is 0.0833. The molecule has 1 heterocycles. The van der Waals surface area contributed by atoms with Crippen LogP contribution < -0.4 is 10.5 Å². The van der Waals surface area contributed by atoms with Crippen LogP contribution in [0.5, 0.6) is 5.88 Å². The van der Waals surface area contributed by atoms with E-state index in [-0.39, 0.29) is 0 Å². The summed E-state index contributed by atoms with van der Waals surface area (Å²) < 4.78 is 5.48. The molecule has 82 valence electrons. The molecule has 0 aliphatic heterocycles. The van der Waals surface area contributed by atoms with Gasteiger partial charge in [-0.3, -0.25) is 0 Å². The summed E-state index contributed by atoms with van der Waals surface area (Å²) in [6.45, 7) is 0.452. The van der Waals surface area contributed by atoms with Crippen LogP contribution in [0.2, 0.25) is 5.02 Å². The third kappa shape index (κ3) is 2.87. The Balaban J connectivity index is 1.99. The zero-order valence-electron chi connectivity index (χ0n) is 8.56. The normalized spacial score (nSPS) is 10.1. The van der Waals surface area contributed by atoms with Gasteiger partial charge in [0.2, 0.25) is 5.88 Å². The van der Waals surface area contributed by atoms with Crippen molar-refractivity contribution in [2.75, 3.05) is 5.73 Å². The minimum absolute atomic E-state index is 0.452. The van der Waals surface area contributed by atoms with Crippen molar-refractivity contribution >= 4 is 17.4 Å². The summed E-state index contributed by atoms with van der Waals surface area (Å²) in [7, 11) is 0. The highest BCUT2D eigenvalue weighted by Crippen LogP contribution is 2.13. The molecule has 1 aromatic heterocycles. The van der Waals surface area contributed by atoms with Crippen molar-refractivity contribution in [3.63, 3.8) is 0 Å². The van der Waals surface area contributed by atoms with Gasteiger partial charge in [-0.1, -0.05) is 29.8 Å². The van der Waals surface area contributed by atoms with Crippen molar-refractivity contribution in [3.8, 4) is 5.88 Å². The first kappa shape index (κ1) is 10.8. The van der Waals surface area contributed by atoms with Crippen molar-refractivity contribution < 1.29 is 4.74 Å². The number of pyridine rings is 1. The van der Waals surface area contributed by atoms with E-state index < -0.39 is 0 Å². The van der Waals surface area contributed by atoms with Crippen LogP contribution in [0.15, 0.2) is 42.5 Å². The van der Waals surface area contributed by atoms with E-state index in [1.165, 1.54) is 0 Å². The molecule has 0 saturated carbocycles. The number of hydrogen-bond acceptors (Lipinski definition) is 3. The predicted molar refractivity (Wildman–Crippen MR) is 64.4 cm³/mol. The molecule has 0 fully saturated rings. The molecule has 0 aliphatic rings. The molecule has 0 amide bonds. The third-order valence-electron chi connectivity index (χ3n) is 2.05. The van der Waals surface area contributed by atoms with E-state index >= 15 is 0 Å². The summed E-state index contributed by atoms with van der Waals surface area (Å²) in [6.07, 6.45) is 0. The van der Waals surface area contributed by atoms with Crippen LogP contribution in [-0.2, 0) is 6.61 Å². The van der Waals surface area contributed by atoms with Gasteiger partial charge in [0.25, 0.3) is 0 Å². The molecule has 3 nitrogen and oxygen atoms in total. The quantitative estimate of drug-likeness (QED) is 0.888. The molecular formula is C12H11ClN2O. The van der Waals surface area contributed by atoms with Crippen molar-refractivity contribution in [3.05, 3.63) is 53.1 Å². The fourth-order valence-corrected chi connectivity index (χ4v) is 1.38. The number of rotatable bonds is 3. The van der Waals surface area contributed by atoms with Gasteiger partial charge in [0.1, 0.15) is 12.4 Å². The lowest BCUT2D eigenvalue weighted by atomic mass is 10.2. The van der Waals surface area contributed by atoms with Crippen LogP contribution in [0.4, 0.5) is 5.82 Å². The molecule has 0 bridgehead atoms. The highest BCUT2D eigenvalue weighted by atomic mass is 35.5. The van der Waals surface area contributed by atoms with Crippen LogP contribution in [0.25, 0.3) is 0 Å². The highest BCUT2D eigenvalue weighted by molar-refractivity contribution is 6.30. The Morgan fingerprint density at radius 3 is 2.56 bits per heavy atom. The molecule has 0 radical (unpaired) electrons. The Morgan fingerprint density at radius 2 is 1.88 bits per heavy atom. The Bertz CT molecular complexity index is 471. The van der Waals surface area contributed by atoms with Crippen molar-refractivity contribution in [1.29, 1.82) is 0 Å². The second-order valence-electron chi connectivity index (χ2n) is 3.32. The van der Waals surface area contributed by atoms with Gasteiger partial charge in [0.05, 0.1) is 0 Å². The third-order valence-corrected chi connectivity index (χ3v) is 2.30. The lowest BCUT2D eigenvalue weighted by Crippen LogP contribution is -1.98. The number of benzene rings is 1. The maximum absolute atomic E-state index is 5.78. The van der Waals surface area contributed by atoms with Crippen LogP contribution >= 0.6 is 11.6 Å². The fourth-order valence-electron chi connectivity index (χ4n) is 1.25. The SMILES string of the molecule is Nc1cccc(OCc2ccc(Cl)cc2)n1. The lowest BCUT2D eigenvalue weighted by Gasteiger charge is -2.05. The molecule has 0 aliphatic carbocycles. The average Bonchev–Trinajstić information content (AvgIpc) is 2.28. The summed E-state index contributed by atoms with van der Waals surface area (Å²) in [5.41, 5.74) is 6.57. The van der Waals surface area contributed by atoms with Crippen LogP contribution in [0.1, 0.15) is 5.56 Å². The zero-order chi connectivity index (χ0) is 11.4. The maximum Gasteiger partial charge on any atom is 0.215 e. The Labute approximate surface area is 98.8 Å². The van der Waals surface area contributed by atoms with E-state index in [1.54, 1.807) is 18.2 Å². The first-order valence-corrected chi connectivity index (χ1v) is 5.21. The first-order valence-electron chi connectivity index (χ1n) is 4.84. The molecule has 2 rings (SSSR count). The minimum atomic E-state index is 0.452. The molecule has 2 N–H and O–H groups in total. The number of aromatic nitrogens is 1. The van der Waals surface area contributed by atoms with E-state index in [4.69, 9.17) is 22.1 Å². The lowest BCUT2D eigenvalue weighted by molar-refractivity contribution is 0.294. The summed E-state index contributed by atoms with van der Waals surface area (Å²) in [4.78, 5) is 4.04. The molecule has 1 aromatic carbocycles. The molecule has 0 spiro atoms. The van der Waals surface area contributed by atoms with Gasteiger partial charge in [0, 0.05) is 11.1 Å². The molecule has 0 saturated heterocycles. The van der Waals surface area contributed by atoms with Crippen LogP contribution in [-0.4, -0.2) is 4.98 Å².